The summed E-state index contributed by atoms with van der Waals surface area (Å²) in [5, 5.41) is 2.82. The van der Waals surface area contributed by atoms with Gasteiger partial charge in [0.25, 0.3) is 5.91 Å². The van der Waals surface area contributed by atoms with Crippen LogP contribution in [-0.2, 0) is 19.1 Å². The molecule has 0 fully saturated rings. The number of benzene rings is 1. The second-order valence-corrected chi connectivity index (χ2v) is 6.77. The van der Waals surface area contributed by atoms with Gasteiger partial charge in [0.15, 0.2) is 6.61 Å². The first-order valence-electron chi connectivity index (χ1n) is 9.46. The molecule has 0 bridgehead atoms. The lowest BCUT2D eigenvalue weighted by Gasteiger charge is -2.22. The van der Waals surface area contributed by atoms with E-state index in [1.165, 1.54) is 4.90 Å². The zero-order valence-electron chi connectivity index (χ0n) is 16.1. The molecule has 1 aliphatic carbocycles. The molecular weight excluding hydrogens is 344 g/mol. The molecule has 1 aliphatic rings. The van der Waals surface area contributed by atoms with Crippen LogP contribution in [0.1, 0.15) is 38.2 Å². The lowest BCUT2D eigenvalue weighted by molar-refractivity contribution is -0.156. The molecule has 0 saturated heterocycles. The van der Waals surface area contributed by atoms with Gasteiger partial charge in [-0.05, 0) is 44.2 Å². The maximum atomic E-state index is 12.4. The first kappa shape index (κ1) is 20.7. The highest BCUT2D eigenvalue weighted by atomic mass is 16.5. The van der Waals surface area contributed by atoms with Gasteiger partial charge < -0.3 is 15.0 Å². The third-order valence-corrected chi connectivity index (χ3v) is 4.54. The monoisotopic (exact) mass is 372 g/mol. The molecule has 1 aromatic rings. The van der Waals surface area contributed by atoms with Crippen molar-refractivity contribution in [2.45, 2.75) is 39.5 Å². The minimum Gasteiger partial charge on any atom is -0.455 e. The number of nitrogens with one attached hydrogen (secondary N) is 1. The van der Waals surface area contributed by atoms with Gasteiger partial charge in [-0.25, -0.2) is 0 Å². The average molecular weight is 372 g/mol. The summed E-state index contributed by atoms with van der Waals surface area (Å²) in [6.45, 7) is 3.88. The van der Waals surface area contributed by atoms with E-state index in [0.29, 0.717) is 19.4 Å². The molecule has 0 spiro atoms. The van der Waals surface area contributed by atoms with Crippen LogP contribution in [-0.4, -0.2) is 42.4 Å². The number of aryl methyl sites for hydroxylation is 1. The highest BCUT2D eigenvalue weighted by molar-refractivity contribution is 5.95. The fraction of sp³-hybridized carbons (Fsp3) is 0.476. The number of carbonyl (C=O) groups excluding carboxylic acids is 3. The lowest BCUT2D eigenvalue weighted by atomic mass is 9.95. The Balaban J connectivity index is 1.86. The first-order chi connectivity index (χ1) is 13.0. The van der Waals surface area contributed by atoms with Crippen LogP contribution in [0.4, 0.5) is 5.69 Å². The van der Waals surface area contributed by atoms with Gasteiger partial charge in [-0.15, -0.1) is 0 Å². The van der Waals surface area contributed by atoms with Crippen molar-refractivity contribution in [3.05, 3.63) is 42.0 Å². The molecular formula is C21H28N2O4. The highest BCUT2D eigenvalue weighted by Gasteiger charge is 2.23. The second-order valence-electron chi connectivity index (χ2n) is 6.77. The molecule has 2 amide bonds. The Labute approximate surface area is 160 Å². The minimum absolute atomic E-state index is 0.0648. The number of hydrogen-bond acceptors (Lipinski definition) is 4. The summed E-state index contributed by atoms with van der Waals surface area (Å²) >= 11 is 0. The maximum absolute atomic E-state index is 12.4. The second kappa shape index (κ2) is 10.5. The van der Waals surface area contributed by atoms with E-state index >= 15 is 0 Å². The first-order valence-corrected chi connectivity index (χ1v) is 9.46. The van der Waals surface area contributed by atoms with Crippen LogP contribution in [0.5, 0.6) is 0 Å². The summed E-state index contributed by atoms with van der Waals surface area (Å²) in [5.41, 5.74) is 1.68. The number of para-hydroxylation sites is 1. The van der Waals surface area contributed by atoms with Crippen molar-refractivity contribution in [2.75, 3.05) is 25.0 Å². The van der Waals surface area contributed by atoms with Gasteiger partial charge in [0.05, 0.1) is 12.5 Å². The molecule has 0 aliphatic heterocycles. The van der Waals surface area contributed by atoms with Crippen LogP contribution in [0.3, 0.4) is 0 Å². The maximum Gasteiger partial charge on any atom is 0.309 e. The number of amides is 2. The molecule has 146 valence electrons. The fourth-order valence-corrected chi connectivity index (χ4v) is 2.99. The number of allylic oxidation sites excluding steroid dienone is 2. The quantitative estimate of drug-likeness (QED) is 0.562. The van der Waals surface area contributed by atoms with Crippen LogP contribution >= 0.6 is 0 Å². The zero-order valence-corrected chi connectivity index (χ0v) is 16.1. The number of esters is 1. The van der Waals surface area contributed by atoms with Crippen molar-refractivity contribution in [2.24, 2.45) is 5.92 Å². The van der Waals surface area contributed by atoms with E-state index in [1.807, 2.05) is 50.3 Å². The van der Waals surface area contributed by atoms with Gasteiger partial charge in [0.1, 0.15) is 0 Å². The molecule has 27 heavy (non-hydrogen) atoms. The SMILES string of the molecule is CCCN(CC(=O)Nc1ccccc1C)C(=O)COC(=O)[C@H]1CC=CCC1. The van der Waals surface area contributed by atoms with E-state index in [2.05, 4.69) is 5.32 Å². The van der Waals surface area contributed by atoms with Crippen molar-refractivity contribution in [3.8, 4) is 0 Å². The number of nitrogens with zero attached hydrogens (tertiary/aromatic N) is 1. The number of hydrogen-bond donors (Lipinski definition) is 1. The molecule has 6 heteroatoms. The normalized spacial score (nSPS) is 15.9. The topological polar surface area (TPSA) is 75.7 Å². The molecule has 0 radical (unpaired) electrons. The summed E-state index contributed by atoms with van der Waals surface area (Å²) in [6, 6.07) is 7.47. The molecule has 2 rings (SSSR count). The summed E-state index contributed by atoms with van der Waals surface area (Å²) in [4.78, 5) is 38.3. The third-order valence-electron chi connectivity index (χ3n) is 4.54. The van der Waals surface area contributed by atoms with E-state index in [1.54, 1.807) is 0 Å². The Kier molecular flexibility index (Phi) is 8.04. The molecule has 0 saturated carbocycles. The van der Waals surface area contributed by atoms with Crippen molar-refractivity contribution in [1.82, 2.24) is 4.90 Å². The number of carbonyl (C=O) groups is 3. The molecule has 0 unspecified atom stereocenters. The molecule has 1 aromatic carbocycles. The summed E-state index contributed by atoms with van der Waals surface area (Å²) in [5.74, 6) is -1.13. The Morgan fingerprint density at radius 2 is 2.00 bits per heavy atom. The predicted octanol–water partition coefficient (Wildman–Crippen LogP) is 3.07. The van der Waals surface area contributed by atoms with Gasteiger partial charge in [-0.1, -0.05) is 37.3 Å². The van der Waals surface area contributed by atoms with Gasteiger partial charge in [0.2, 0.25) is 5.91 Å². The predicted molar refractivity (Wildman–Crippen MR) is 104 cm³/mol. The molecule has 0 aromatic heterocycles. The Hall–Kier alpha value is -2.63. The van der Waals surface area contributed by atoms with Crippen molar-refractivity contribution < 1.29 is 19.1 Å². The van der Waals surface area contributed by atoms with Crippen molar-refractivity contribution in [1.29, 1.82) is 0 Å². The molecule has 1 N–H and O–H groups in total. The van der Waals surface area contributed by atoms with Crippen LogP contribution in [0.25, 0.3) is 0 Å². The van der Waals surface area contributed by atoms with E-state index < -0.39 is 0 Å². The van der Waals surface area contributed by atoms with Crippen molar-refractivity contribution >= 4 is 23.5 Å². The minimum atomic E-state index is -0.350. The number of ether oxygens (including phenoxy) is 1. The van der Waals surface area contributed by atoms with Gasteiger partial charge in [0, 0.05) is 12.2 Å². The fourth-order valence-electron chi connectivity index (χ4n) is 2.99. The Morgan fingerprint density at radius 1 is 1.22 bits per heavy atom. The highest BCUT2D eigenvalue weighted by Crippen LogP contribution is 2.19. The Bertz CT molecular complexity index is 699. The van der Waals surface area contributed by atoms with Crippen molar-refractivity contribution in [3.63, 3.8) is 0 Å². The van der Waals surface area contributed by atoms with Crippen LogP contribution < -0.4 is 5.32 Å². The van der Waals surface area contributed by atoms with E-state index in [0.717, 1.165) is 24.1 Å². The number of anilines is 1. The van der Waals surface area contributed by atoms with E-state index in [9.17, 15) is 14.4 Å². The standard InChI is InChI=1S/C21H28N2O4/c1-3-13-23(14-19(24)22-18-12-8-7-9-16(18)2)20(25)15-27-21(26)17-10-5-4-6-11-17/h4-5,7-9,12,17H,3,6,10-11,13-15H2,1-2H3,(H,22,24)/t17-/m0/s1. The van der Waals surface area contributed by atoms with Crippen LogP contribution in [0.15, 0.2) is 36.4 Å². The molecule has 6 nitrogen and oxygen atoms in total. The van der Waals surface area contributed by atoms with Gasteiger partial charge >= 0.3 is 5.97 Å². The smallest absolute Gasteiger partial charge is 0.309 e. The zero-order chi connectivity index (χ0) is 19.6. The van der Waals surface area contributed by atoms with Gasteiger partial charge in [-0.3, -0.25) is 14.4 Å². The Morgan fingerprint density at radius 3 is 2.67 bits per heavy atom. The summed E-state index contributed by atoms with van der Waals surface area (Å²) in [7, 11) is 0. The third kappa shape index (κ3) is 6.55. The average Bonchev–Trinajstić information content (AvgIpc) is 2.68. The lowest BCUT2D eigenvalue weighted by Crippen LogP contribution is -2.41. The van der Waals surface area contributed by atoms with Crippen LogP contribution in [0.2, 0.25) is 0 Å². The molecule has 1 atom stereocenters. The van der Waals surface area contributed by atoms with E-state index in [-0.39, 0.29) is 36.9 Å². The van der Waals surface area contributed by atoms with Gasteiger partial charge in [-0.2, -0.15) is 0 Å². The largest absolute Gasteiger partial charge is 0.455 e. The number of rotatable bonds is 8. The molecule has 0 heterocycles. The summed E-state index contributed by atoms with van der Waals surface area (Å²) in [6.07, 6.45) is 6.99. The summed E-state index contributed by atoms with van der Waals surface area (Å²) < 4.78 is 5.19. The van der Waals surface area contributed by atoms with E-state index in [4.69, 9.17) is 4.74 Å². The van der Waals surface area contributed by atoms with Crippen LogP contribution in [0, 0.1) is 12.8 Å².